The maximum atomic E-state index is 13.6. The van der Waals surface area contributed by atoms with Crippen molar-refractivity contribution in [3.05, 3.63) is 64.4 Å². The van der Waals surface area contributed by atoms with E-state index in [4.69, 9.17) is 0 Å². The predicted molar refractivity (Wildman–Crippen MR) is 92.0 cm³/mol. The van der Waals surface area contributed by atoms with Crippen molar-refractivity contribution >= 4 is 33.5 Å². The van der Waals surface area contributed by atoms with Gasteiger partial charge in [-0.3, -0.25) is 0 Å². The molecule has 0 spiro atoms. The lowest BCUT2D eigenvalue weighted by molar-refractivity contribution is -0.0585. The number of alkyl halides is 3. The van der Waals surface area contributed by atoms with Crippen molar-refractivity contribution < 1.29 is 13.2 Å². The molecule has 0 fully saturated rings. The van der Waals surface area contributed by atoms with Crippen LogP contribution in [0.25, 0.3) is 10.8 Å². The molecular weight excluding hydrogens is 333 g/mol. The molecule has 0 aliphatic carbocycles. The number of hydrogen-bond donors (Lipinski definition) is 0. The average molecular weight is 346 g/mol. The Balaban J connectivity index is 2.02. The highest BCUT2D eigenvalue weighted by Gasteiger charge is 2.42. The molecule has 1 unspecified atom stereocenters. The van der Waals surface area contributed by atoms with Gasteiger partial charge >= 0.3 is 6.18 Å². The summed E-state index contributed by atoms with van der Waals surface area (Å²) in [6.45, 7) is 0. The van der Waals surface area contributed by atoms with Crippen molar-refractivity contribution in [3.8, 4) is 0 Å². The molecule has 0 radical (unpaired) electrons. The van der Waals surface area contributed by atoms with E-state index in [0.717, 1.165) is 15.6 Å². The topological polar surface area (TPSA) is 15.6 Å². The van der Waals surface area contributed by atoms with Gasteiger partial charge in [0.2, 0.25) is 0 Å². The molecule has 4 rings (SSSR count). The lowest BCUT2D eigenvalue weighted by Crippen LogP contribution is -2.35. The maximum Gasteiger partial charge on any atom is 0.433 e. The lowest BCUT2D eigenvalue weighted by atomic mass is 9.97. The van der Waals surface area contributed by atoms with Crippen molar-refractivity contribution in [2.45, 2.75) is 12.3 Å². The zero-order valence-corrected chi connectivity index (χ0v) is 13.5. The Bertz CT molecular complexity index is 929. The highest BCUT2D eigenvalue weighted by atomic mass is 32.1. The summed E-state index contributed by atoms with van der Waals surface area (Å²) < 4.78 is 40.8. The van der Waals surface area contributed by atoms with Gasteiger partial charge in [-0.15, -0.1) is 11.3 Å². The third kappa shape index (κ3) is 2.29. The predicted octanol–water partition coefficient (Wildman–Crippen LogP) is 5.40. The van der Waals surface area contributed by atoms with Crippen LogP contribution in [0.4, 0.5) is 18.9 Å². The summed E-state index contributed by atoms with van der Waals surface area (Å²) in [6, 6.07) is 14.4. The van der Waals surface area contributed by atoms with Crippen molar-refractivity contribution in [3.63, 3.8) is 0 Å². The molecule has 6 heteroatoms. The van der Waals surface area contributed by atoms with Gasteiger partial charge in [-0.25, -0.2) is 4.99 Å². The van der Waals surface area contributed by atoms with Crippen LogP contribution in [0, 0.1) is 0 Å². The quantitative estimate of drug-likeness (QED) is 0.576. The molecule has 2 aromatic carbocycles. The third-order valence-corrected chi connectivity index (χ3v) is 5.11. The Morgan fingerprint density at radius 3 is 2.54 bits per heavy atom. The third-order valence-electron chi connectivity index (χ3n) is 4.19. The van der Waals surface area contributed by atoms with Gasteiger partial charge in [0.05, 0.1) is 5.69 Å². The molecule has 0 saturated heterocycles. The molecule has 1 aromatic heterocycles. The molecule has 0 amide bonds. The zero-order valence-electron chi connectivity index (χ0n) is 12.7. The molecule has 1 aliphatic rings. The van der Waals surface area contributed by atoms with E-state index in [1.165, 1.54) is 17.4 Å². The minimum Gasteiger partial charge on any atom is -0.347 e. The first kappa shape index (κ1) is 15.2. The van der Waals surface area contributed by atoms with Crippen LogP contribution >= 0.6 is 11.3 Å². The number of anilines is 1. The number of aliphatic imine (C=N–C) groups is 1. The summed E-state index contributed by atoms with van der Waals surface area (Å²) in [5, 5.41) is 3.57. The molecule has 0 bridgehead atoms. The number of rotatable bonds is 1. The molecule has 24 heavy (non-hydrogen) atoms. The van der Waals surface area contributed by atoms with Crippen LogP contribution < -0.4 is 4.90 Å². The standard InChI is InChI=1S/C18H13F3N2S/c1-23-15-12-6-3-2-5-11(12)8-9-13(15)16(18(19,20)21)22-17(23)14-7-4-10-24-14/h2-10,17H,1H3. The number of thiophene rings is 1. The highest BCUT2D eigenvalue weighted by molar-refractivity contribution is 7.10. The van der Waals surface area contributed by atoms with Gasteiger partial charge in [-0.2, -0.15) is 13.2 Å². The summed E-state index contributed by atoms with van der Waals surface area (Å²) in [4.78, 5) is 6.67. The molecular formula is C18H13F3N2S. The van der Waals surface area contributed by atoms with Crippen molar-refractivity contribution in [2.75, 3.05) is 11.9 Å². The first-order valence-corrected chi connectivity index (χ1v) is 8.28. The van der Waals surface area contributed by atoms with Crippen molar-refractivity contribution in [2.24, 2.45) is 4.99 Å². The van der Waals surface area contributed by atoms with Crippen LogP contribution in [0.15, 0.2) is 58.9 Å². The van der Waals surface area contributed by atoms with Gasteiger partial charge in [-0.05, 0) is 16.8 Å². The van der Waals surface area contributed by atoms with Crippen LogP contribution in [0.1, 0.15) is 16.6 Å². The molecule has 2 heterocycles. The summed E-state index contributed by atoms with van der Waals surface area (Å²) >= 11 is 1.41. The second kappa shape index (κ2) is 5.34. The Morgan fingerprint density at radius 2 is 1.83 bits per heavy atom. The van der Waals surface area contributed by atoms with E-state index >= 15 is 0 Å². The Morgan fingerprint density at radius 1 is 1.04 bits per heavy atom. The fourth-order valence-electron chi connectivity index (χ4n) is 3.15. The number of fused-ring (bicyclic) bond motifs is 3. The van der Waals surface area contributed by atoms with E-state index in [9.17, 15) is 13.2 Å². The van der Waals surface area contributed by atoms with E-state index in [2.05, 4.69) is 4.99 Å². The summed E-state index contributed by atoms with van der Waals surface area (Å²) in [6.07, 6.45) is -5.16. The van der Waals surface area contributed by atoms with E-state index in [1.807, 2.05) is 46.7 Å². The first-order valence-electron chi connectivity index (χ1n) is 7.40. The zero-order chi connectivity index (χ0) is 16.9. The van der Waals surface area contributed by atoms with E-state index in [1.54, 1.807) is 13.1 Å². The van der Waals surface area contributed by atoms with Crippen LogP contribution in [-0.4, -0.2) is 18.9 Å². The van der Waals surface area contributed by atoms with Gasteiger partial charge in [0.15, 0.2) is 11.9 Å². The Kier molecular flexibility index (Phi) is 3.38. The van der Waals surface area contributed by atoms with Gasteiger partial charge in [0.1, 0.15) is 0 Å². The molecule has 1 atom stereocenters. The maximum absolute atomic E-state index is 13.6. The van der Waals surface area contributed by atoms with E-state index < -0.39 is 18.1 Å². The monoisotopic (exact) mass is 346 g/mol. The fourth-order valence-corrected chi connectivity index (χ4v) is 3.95. The SMILES string of the molecule is CN1c2c(ccc3ccccc23)C(C(F)(F)F)=NC1c1cccs1. The number of halogens is 3. The van der Waals surface area contributed by atoms with Gasteiger partial charge in [-0.1, -0.05) is 42.5 Å². The van der Waals surface area contributed by atoms with Crippen molar-refractivity contribution in [1.29, 1.82) is 0 Å². The number of benzene rings is 2. The normalized spacial score (nSPS) is 17.8. The minimum atomic E-state index is -4.49. The summed E-state index contributed by atoms with van der Waals surface area (Å²) in [5.74, 6) is 0. The second-order valence-electron chi connectivity index (χ2n) is 5.66. The highest BCUT2D eigenvalue weighted by Crippen LogP contribution is 2.43. The summed E-state index contributed by atoms with van der Waals surface area (Å²) in [5.41, 5.74) is -0.0925. The van der Waals surface area contributed by atoms with Gasteiger partial charge < -0.3 is 4.90 Å². The fraction of sp³-hybridized carbons (Fsp3) is 0.167. The molecule has 0 N–H and O–H groups in total. The van der Waals surface area contributed by atoms with Gasteiger partial charge in [0, 0.05) is 22.9 Å². The van der Waals surface area contributed by atoms with Crippen molar-refractivity contribution in [1.82, 2.24) is 0 Å². The lowest BCUT2D eigenvalue weighted by Gasteiger charge is -2.35. The van der Waals surface area contributed by atoms with E-state index in [-0.39, 0.29) is 5.56 Å². The second-order valence-corrected chi connectivity index (χ2v) is 6.64. The molecule has 0 saturated carbocycles. The molecule has 1 aliphatic heterocycles. The smallest absolute Gasteiger partial charge is 0.347 e. The number of nitrogens with zero attached hydrogens (tertiary/aromatic N) is 2. The van der Waals surface area contributed by atoms with E-state index in [0.29, 0.717) is 5.69 Å². The Hall–Kier alpha value is -2.34. The number of hydrogen-bond acceptors (Lipinski definition) is 3. The minimum absolute atomic E-state index is 0.136. The average Bonchev–Trinajstić information content (AvgIpc) is 3.07. The first-order chi connectivity index (χ1) is 11.5. The Labute approximate surface area is 140 Å². The van der Waals surface area contributed by atoms with Crippen LogP contribution in [0.5, 0.6) is 0 Å². The van der Waals surface area contributed by atoms with Crippen LogP contribution in [-0.2, 0) is 0 Å². The van der Waals surface area contributed by atoms with Crippen LogP contribution in [0.2, 0.25) is 0 Å². The molecule has 3 aromatic rings. The van der Waals surface area contributed by atoms with Crippen LogP contribution in [0.3, 0.4) is 0 Å². The molecule has 122 valence electrons. The largest absolute Gasteiger partial charge is 0.433 e. The summed E-state index contributed by atoms with van der Waals surface area (Å²) in [7, 11) is 1.80. The molecule has 2 nitrogen and oxygen atoms in total. The van der Waals surface area contributed by atoms with Gasteiger partial charge in [0.25, 0.3) is 0 Å².